The van der Waals surface area contributed by atoms with E-state index in [9.17, 15) is 0 Å². The highest BCUT2D eigenvalue weighted by molar-refractivity contribution is 4.91. The smallest absolute Gasteiger partial charge is 0.0804 e. The molecule has 1 aliphatic carbocycles. The minimum absolute atomic E-state index is 0.00744. The van der Waals surface area contributed by atoms with E-state index in [0.717, 1.165) is 25.4 Å². The molecular formula is C15H31NO. The topological polar surface area (TPSA) is 35.2 Å². The van der Waals surface area contributed by atoms with Crippen molar-refractivity contribution in [2.24, 2.45) is 17.1 Å². The molecule has 0 aromatic rings. The molecule has 0 amide bonds. The Morgan fingerprint density at radius 3 is 2.18 bits per heavy atom. The maximum Gasteiger partial charge on any atom is 0.0804 e. The van der Waals surface area contributed by atoms with Crippen LogP contribution in [0.3, 0.4) is 0 Å². The Labute approximate surface area is 107 Å². The molecule has 17 heavy (non-hydrogen) atoms. The fraction of sp³-hybridized carbons (Fsp3) is 1.00. The first-order valence-corrected chi connectivity index (χ1v) is 7.23. The predicted octanol–water partition coefficient (Wildman–Crippen LogP) is 3.74. The van der Waals surface area contributed by atoms with Crippen molar-refractivity contribution in [2.75, 3.05) is 13.2 Å². The van der Waals surface area contributed by atoms with Crippen molar-refractivity contribution in [3.63, 3.8) is 0 Å². The zero-order valence-corrected chi connectivity index (χ0v) is 12.2. The third-order valence-corrected chi connectivity index (χ3v) is 4.22. The maximum absolute atomic E-state index is 6.14. The lowest BCUT2D eigenvalue weighted by Crippen LogP contribution is -2.45. The second kappa shape index (κ2) is 6.19. The number of nitrogens with two attached hydrogens (primary N) is 1. The van der Waals surface area contributed by atoms with Crippen LogP contribution in [0, 0.1) is 11.3 Å². The second-order valence-electron chi connectivity index (χ2n) is 6.94. The molecule has 0 saturated heterocycles. The lowest BCUT2D eigenvalue weighted by atomic mass is 9.71. The average molecular weight is 241 g/mol. The summed E-state index contributed by atoms with van der Waals surface area (Å²) in [5, 5.41) is 0. The van der Waals surface area contributed by atoms with Crippen LogP contribution in [0.4, 0.5) is 0 Å². The van der Waals surface area contributed by atoms with Crippen molar-refractivity contribution in [3.8, 4) is 0 Å². The molecular weight excluding hydrogens is 210 g/mol. The normalized spacial score (nSPS) is 22.9. The van der Waals surface area contributed by atoms with E-state index < -0.39 is 0 Å². The summed E-state index contributed by atoms with van der Waals surface area (Å²) in [5.74, 6) is 0.776. The van der Waals surface area contributed by atoms with Crippen molar-refractivity contribution in [1.29, 1.82) is 0 Å². The van der Waals surface area contributed by atoms with Crippen molar-refractivity contribution >= 4 is 0 Å². The van der Waals surface area contributed by atoms with E-state index in [4.69, 9.17) is 10.5 Å². The third-order valence-electron chi connectivity index (χ3n) is 4.22. The van der Waals surface area contributed by atoms with Gasteiger partial charge in [0.1, 0.15) is 0 Å². The van der Waals surface area contributed by atoms with Gasteiger partial charge in [-0.1, -0.05) is 27.7 Å². The molecule has 0 aliphatic heterocycles. The van der Waals surface area contributed by atoms with E-state index in [-0.39, 0.29) is 5.60 Å². The molecule has 1 fully saturated rings. The molecule has 1 rings (SSSR count). The first kappa shape index (κ1) is 15.0. The zero-order valence-electron chi connectivity index (χ0n) is 12.2. The molecule has 0 unspecified atom stereocenters. The quantitative estimate of drug-likeness (QED) is 0.719. The van der Waals surface area contributed by atoms with E-state index in [1.807, 2.05) is 0 Å². The van der Waals surface area contributed by atoms with Crippen LogP contribution < -0.4 is 5.73 Å². The molecule has 2 heteroatoms. The zero-order chi connectivity index (χ0) is 12.9. The molecule has 2 nitrogen and oxygen atoms in total. The van der Waals surface area contributed by atoms with Gasteiger partial charge in [-0.15, -0.1) is 0 Å². The summed E-state index contributed by atoms with van der Waals surface area (Å²) in [6, 6.07) is 0. The fourth-order valence-corrected chi connectivity index (χ4v) is 2.57. The van der Waals surface area contributed by atoms with Gasteiger partial charge in [0.05, 0.1) is 5.60 Å². The van der Waals surface area contributed by atoms with Crippen molar-refractivity contribution < 1.29 is 4.74 Å². The molecule has 0 bridgehead atoms. The van der Waals surface area contributed by atoms with Crippen LogP contribution in [-0.2, 0) is 4.74 Å². The SMILES string of the molecule is CC(C)CCCOC1(CN)CCC(C)(C)CC1. The summed E-state index contributed by atoms with van der Waals surface area (Å²) in [5.41, 5.74) is 6.42. The van der Waals surface area contributed by atoms with Gasteiger partial charge in [0.15, 0.2) is 0 Å². The van der Waals surface area contributed by atoms with Crippen LogP contribution in [0.15, 0.2) is 0 Å². The van der Waals surface area contributed by atoms with Crippen molar-refractivity contribution in [1.82, 2.24) is 0 Å². The third kappa shape index (κ3) is 4.97. The Bertz CT molecular complexity index is 213. The Balaban J connectivity index is 2.32. The van der Waals surface area contributed by atoms with Crippen molar-refractivity contribution in [2.45, 2.75) is 71.8 Å². The van der Waals surface area contributed by atoms with Gasteiger partial charge in [-0.3, -0.25) is 0 Å². The summed E-state index contributed by atoms with van der Waals surface area (Å²) < 4.78 is 6.14. The van der Waals surface area contributed by atoms with E-state index in [1.54, 1.807) is 0 Å². The molecule has 0 spiro atoms. The Hall–Kier alpha value is -0.0800. The molecule has 0 aromatic heterocycles. The molecule has 0 radical (unpaired) electrons. The van der Waals surface area contributed by atoms with Crippen molar-refractivity contribution in [3.05, 3.63) is 0 Å². The minimum atomic E-state index is -0.00744. The number of ether oxygens (including phenoxy) is 1. The van der Waals surface area contributed by atoms with Crippen LogP contribution in [0.1, 0.15) is 66.2 Å². The van der Waals surface area contributed by atoms with Gasteiger partial charge in [0, 0.05) is 13.2 Å². The fourth-order valence-electron chi connectivity index (χ4n) is 2.57. The van der Waals surface area contributed by atoms with E-state index in [0.29, 0.717) is 12.0 Å². The van der Waals surface area contributed by atoms with Crippen LogP contribution >= 0.6 is 0 Å². The van der Waals surface area contributed by atoms with Gasteiger partial charge in [-0.05, 0) is 49.9 Å². The summed E-state index contributed by atoms with van der Waals surface area (Å²) in [7, 11) is 0. The lowest BCUT2D eigenvalue weighted by Gasteiger charge is -2.42. The van der Waals surface area contributed by atoms with Gasteiger partial charge >= 0.3 is 0 Å². The second-order valence-corrected chi connectivity index (χ2v) is 6.94. The van der Waals surface area contributed by atoms with Gasteiger partial charge in [-0.25, -0.2) is 0 Å². The highest BCUT2D eigenvalue weighted by Crippen LogP contribution is 2.41. The molecule has 0 heterocycles. The van der Waals surface area contributed by atoms with Gasteiger partial charge < -0.3 is 10.5 Å². The molecule has 1 saturated carbocycles. The molecule has 2 N–H and O–H groups in total. The minimum Gasteiger partial charge on any atom is -0.374 e. The van der Waals surface area contributed by atoms with Crippen LogP contribution in [0.25, 0.3) is 0 Å². The summed E-state index contributed by atoms with van der Waals surface area (Å²) in [4.78, 5) is 0. The Morgan fingerprint density at radius 2 is 1.71 bits per heavy atom. The number of rotatable bonds is 6. The highest BCUT2D eigenvalue weighted by Gasteiger charge is 2.37. The highest BCUT2D eigenvalue weighted by atomic mass is 16.5. The molecule has 1 aliphatic rings. The van der Waals surface area contributed by atoms with Crippen LogP contribution in [0.5, 0.6) is 0 Å². The largest absolute Gasteiger partial charge is 0.374 e. The van der Waals surface area contributed by atoms with E-state index in [2.05, 4.69) is 27.7 Å². The number of hydrogen-bond donors (Lipinski definition) is 1. The summed E-state index contributed by atoms with van der Waals surface area (Å²) in [6.45, 7) is 10.8. The standard InChI is InChI=1S/C15H31NO/c1-13(2)6-5-11-17-15(12-16)9-7-14(3,4)8-10-15/h13H,5-12,16H2,1-4H3. The Morgan fingerprint density at radius 1 is 1.12 bits per heavy atom. The summed E-state index contributed by atoms with van der Waals surface area (Å²) in [6.07, 6.45) is 7.19. The molecule has 0 aromatic carbocycles. The van der Waals surface area contributed by atoms with Crippen LogP contribution in [0.2, 0.25) is 0 Å². The Kier molecular flexibility index (Phi) is 5.46. The number of hydrogen-bond acceptors (Lipinski definition) is 2. The van der Waals surface area contributed by atoms with Gasteiger partial charge in [0.2, 0.25) is 0 Å². The van der Waals surface area contributed by atoms with E-state index in [1.165, 1.54) is 25.7 Å². The lowest BCUT2D eigenvalue weighted by molar-refractivity contribution is -0.0826. The average Bonchev–Trinajstić information content (AvgIpc) is 2.27. The van der Waals surface area contributed by atoms with Gasteiger partial charge in [0.25, 0.3) is 0 Å². The first-order chi connectivity index (χ1) is 7.89. The summed E-state index contributed by atoms with van der Waals surface area (Å²) >= 11 is 0. The van der Waals surface area contributed by atoms with Gasteiger partial charge in [-0.2, -0.15) is 0 Å². The maximum atomic E-state index is 6.14. The predicted molar refractivity (Wildman–Crippen MR) is 74.1 cm³/mol. The molecule has 0 atom stereocenters. The monoisotopic (exact) mass is 241 g/mol. The van der Waals surface area contributed by atoms with Crippen LogP contribution in [-0.4, -0.2) is 18.8 Å². The molecule has 102 valence electrons. The van der Waals surface area contributed by atoms with E-state index >= 15 is 0 Å². The first-order valence-electron chi connectivity index (χ1n) is 7.23.